The predicted octanol–water partition coefficient (Wildman–Crippen LogP) is 4.03. The number of para-hydroxylation sites is 1. The van der Waals surface area contributed by atoms with E-state index >= 15 is 0 Å². The monoisotopic (exact) mass is 226 g/mol. The Bertz CT molecular complexity index is 492. The molecule has 0 radical (unpaired) electrons. The molecule has 0 heterocycles. The van der Waals surface area contributed by atoms with E-state index in [9.17, 15) is 0 Å². The molecule has 2 nitrogen and oxygen atoms in total. The highest BCUT2D eigenvalue weighted by Gasteiger charge is 2.00. The molecule has 2 heteroatoms. The molecular weight excluding hydrogens is 208 g/mol. The van der Waals surface area contributed by atoms with Crippen molar-refractivity contribution in [2.45, 2.75) is 13.3 Å². The van der Waals surface area contributed by atoms with Gasteiger partial charge in [0, 0.05) is 24.1 Å². The lowest BCUT2D eigenvalue weighted by atomic mass is 10.1. The fourth-order valence-corrected chi connectivity index (χ4v) is 1.86. The van der Waals surface area contributed by atoms with Crippen LogP contribution in [-0.2, 0) is 6.42 Å². The lowest BCUT2D eigenvalue weighted by molar-refractivity contribution is 1.14. The summed E-state index contributed by atoms with van der Waals surface area (Å²) in [4.78, 5) is 0. The fraction of sp³-hybridized carbons (Fsp3) is 0.200. The normalized spacial score (nSPS) is 10.0. The molecule has 88 valence electrons. The average molecular weight is 226 g/mol. The van der Waals surface area contributed by atoms with Gasteiger partial charge in [-0.3, -0.25) is 0 Å². The zero-order chi connectivity index (χ0) is 12.1. The first-order chi connectivity index (χ1) is 8.33. The van der Waals surface area contributed by atoms with E-state index in [1.54, 1.807) is 0 Å². The van der Waals surface area contributed by atoms with Gasteiger partial charge in [0.05, 0.1) is 0 Å². The summed E-state index contributed by atoms with van der Waals surface area (Å²) in [5, 5.41) is 6.60. The van der Waals surface area contributed by atoms with Crippen molar-refractivity contribution in [1.82, 2.24) is 0 Å². The SMILES string of the molecule is CCc1ccccc1Nc1cccc(NC)c1. The van der Waals surface area contributed by atoms with Gasteiger partial charge in [0.1, 0.15) is 0 Å². The minimum absolute atomic E-state index is 1.04. The number of hydrogen-bond donors (Lipinski definition) is 2. The van der Waals surface area contributed by atoms with Crippen LogP contribution in [0.5, 0.6) is 0 Å². The standard InChI is InChI=1S/C15H18N2/c1-3-12-7-4-5-10-15(12)17-14-9-6-8-13(11-14)16-2/h4-11,16-17H,3H2,1-2H3. The Kier molecular flexibility index (Phi) is 3.66. The first-order valence-corrected chi connectivity index (χ1v) is 5.96. The zero-order valence-electron chi connectivity index (χ0n) is 10.3. The number of benzene rings is 2. The molecule has 0 aliphatic carbocycles. The van der Waals surface area contributed by atoms with Crippen LogP contribution in [-0.4, -0.2) is 7.05 Å². The van der Waals surface area contributed by atoms with E-state index in [-0.39, 0.29) is 0 Å². The molecule has 0 saturated heterocycles. The molecule has 0 unspecified atom stereocenters. The third-order valence-corrected chi connectivity index (χ3v) is 2.83. The van der Waals surface area contributed by atoms with Gasteiger partial charge in [-0.15, -0.1) is 0 Å². The van der Waals surface area contributed by atoms with Crippen molar-refractivity contribution in [2.24, 2.45) is 0 Å². The molecule has 0 saturated carbocycles. The van der Waals surface area contributed by atoms with Crippen LogP contribution in [0.2, 0.25) is 0 Å². The molecule has 0 spiro atoms. The van der Waals surface area contributed by atoms with E-state index in [1.165, 1.54) is 11.3 Å². The van der Waals surface area contributed by atoms with Gasteiger partial charge in [0.25, 0.3) is 0 Å². The molecule has 0 atom stereocenters. The quantitative estimate of drug-likeness (QED) is 0.822. The van der Waals surface area contributed by atoms with Crippen LogP contribution in [0.15, 0.2) is 48.5 Å². The van der Waals surface area contributed by atoms with Gasteiger partial charge >= 0.3 is 0 Å². The third kappa shape index (κ3) is 2.78. The van der Waals surface area contributed by atoms with Crippen molar-refractivity contribution in [3.05, 3.63) is 54.1 Å². The van der Waals surface area contributed by atoms with Crippen molar-refractivity contribution in [2.75, 3.05) is 17.7 Å². The molecule has 0 aromatic heterocycles. The van der Waals surface area contributed by atoms with Gasteiger partial charge in [0.2, 0.25) is 0 Å². The predicted molar refractivity (Wildman–Crippen MR) is 75.1 cm³/mol. The second kappa shape index (κ2) is 5.39. The Morgan fingerprint density at radius 3 is 2.47 bits per heavy atom. The Balaban J connectivity index is 2.24. The summed E-state index contributed by atoms with van der Waals surface area (Å²) >= 11 is 0. The maximum absolute atomic E-state index is 3.46. The highest BCUT2D eigenvalue weighted by atomic mass is 14.9. The van der Waals surface area contributed by atoms with E-state index in [2.05, 4.69) is 60.0 Å². The second-order valence-corrected chi connectivity index (χ2v) is 3.97. The molecule has 2 rings (SSSR count). The second-order valence-electron chi connectivity index (χ2n) is 3.97. The summed E-state index contributed by atoms with van der Waals surface area (Å²) in [6, 6.07) is 16.7. The molecule has 17 heavy (non-hydrogen) atoms. The van der Waals surface area contributed by atoms with E-state index < -0.39 is 0 Å². The Hall–Kier alpha value is -1.96. The Morgan fingerprint density at radius 2 is 1.71 bits per heavy atom. The van der Waals surface area contributed by atoms with E-state index in [1.807, 2.05) is 13.1 Å². The molecule has 2 aromatic rings. The maximum Gasteiger partial charge on any atom is 0.0416 e. The van der Waals surface area contributed by atoms with Crippen molar-refractivity contribution < 1.29 is 0 Å². The number of nitrogens with one attached hydrogen (secondary N) is 2. The van der Waals surface area contributed by atoms with Crippen LogP contribution in [0.3, 0.4) is 0 Å². The smallest absolute Gasteiger partial charge is 0.0416 e. The lowest BCUT2D eigenvalue weighted by Crippen LogP contribution is -1.96. The zero-order valence-corrected chi connectivity index (χ0v) is 10.3. The van der Waals surface area contributed by atoms with Crippen molar-refractivity contribution in [1.29, 1.82) is 0 Å². The summed E-state index contributed by atoms with van der Waals surface area (Å²) in [7, 11) is 1.93. The van der Waals surface area contributed by atoms with Crippen LogP contribution in [0.25, 0.3) is 0 Å². The Morgan fingerprint density at radius 1 is 0.941 bits per heavy atom. The van der Waals surface area contributed by atoms with E-state index in [0.29, 0.717) is 0 Å². The van der Waals surface area contributed by atoms with Gasteiger partial charge in [-0.05, 0) is 36.2 Å². The Labute approximate surface area is 103 Å². The van der Waals surface area contributed by atoms with Gasteiger partial charge in [-0.2, -0.15) is 0 Å². The summed E-state index contributed by atoms with van der Waals surface area (Å²) in [6.45, 7) is 2.17. The molecular formula is C15H18N2. The largest absolute Gasteiger partial charge is 0.388 e. The fourth-order valence-electron chi connectivity index (χ4n) is 1.86. The van der Waals surface area contributed by atoms with Gasteiger partial charge in [-0.25, -0.2) is 0 Å². The summed E-state index contributed by atoms with van der Waals surface area (Å²) in [6.07, 6.45) is 1.04. The van der Waals surface area contributed by atoms with Gasteiger partial charge in [0.15, 0.2) is 0 Å². The summed E-state index contributed by atoms with van der Waals surface area (Å²) in [5.41, 5.74) is 4.74. The summed E-state index contributed by atoms with van der Waals surface area (Å²) in [5.74, 6) is 0. The molecule has 0 bridgehead atoms. The van der Waals surface area contributed by atoms with Crippen molar-refractivity contribution in [3.63, 3.8) is 0 Å². The first-order valence-electron chi connectivity index (χ1n) is 5.96. The minimum Gasteiger partial charge on any atom is -0.388 e. The number of aryl methyl sites for hydroxylation is 1. The highest BCUT2D eigenvalue weighted by molar-refractivity contribution is 5.66. The minimum atomic E-state index is 1.04. The van der Waals surface area contributed by atoms with Gasteiger partial charge in [-0.1, -0.05) is 31.2 Å². The van der Waals surface area contributed by atoms with Crippen molar-refractivity contribution >= 4 is 17.1 Å². The summed E-state index contributed by atoms with van der Waals surface area (Å²) < 4.78 is 0. The molecule has 2 N–H and O–H groups in total. The lowest BCUT2D eigenvalue weighted by Gasteiger charge is -2.11. The maximum atomic E-state index is 3.46. The molecule has 0 aliphatic rings. The molecule has 0 aliphatic heterocycles. The molecule has 0 amide bonds. The molecule has 0 fully saturated rings. The van der Waals surface area contributed by atoms with E-state index in [0.717, 1.165) is 17.8 Å². The van der Waals surface area contributed by atoms with Gasteiger partial charge < -0.3 is 10.6 Å². The van der Waals surface area contributed by atoms with Crippen LogP contribution in [0.4, 0.5) is 17.1 Å². The van der Waals surface area contributed by atoms with E-state index in [4.69, 9.17) is 0 Å². The molecule has 2 aromatic carbocycles. The van der Waals surface area contributed by atoms with Crippen LogP contribution in [0.1, 0.15) is 12.5 Å². The topological polar surface area (TPSA) is 24.1 Å². The van der Waals surface area contributed by atoms with Crippen molar-refractivity contribution in [3.8, 4) is 0 Å². The highest BCUT2D eigenvalue weighted by Crippen LogP contribution is 2.23. The first kappa shape index (κ1) is 11.5. The number of anilines is 3. The average Bonchev–Trinajstić information content (AvgIpc) is 2.39. The number of hydrogen-bond acceptors (Lipinski definition) is 2. The van der Waals surface area contributed by atoms with Crippen LogP contribution < -0.4 is 10.6 Å². The number of rotatable bonds is 4. The third-order valence-electron chi connectivity index (χ3n) is 2.83. The van der Waals surface area contributed by atoms with Crippen LogP contribution in [0, 0.1) is 0 Å². The van der Waals surface area contributed by atoms with Crippen LogP contribution >= 0.6 is 0 Å².